The minimum absolute atomic E-state index is 0.157. The van der Waals surface area contributed by atoms with Crippen LogP contribution in [0.2, 0.25) is 0 Å². The minimum atomic E-state index is -0.894. The average Bonchev–Trinajstić information content (AvgIpc) is 3.32. The van der Waals surface area contributed by atoms with Crippen LogP contribution in [0.15, 0.2) is 54.6 Å². The third kappa shape index (κ3) is 3.51. The average molecular weight is 390 g/mol. The second-order valence-corrected chi connectivity index (χ2v) is 7.45. The van der Waals surface area contributed by atoms with Crippen LogP contribution in [0.5, 0.6) is 0 Å². The number of hydrogen-bond donors (Lipinski definition) is 1. The second-order valence-electron chi connectivity index (χ2n) is 7.45. The van der Waals surface area contributed by atoms with Crippen LogP contribution in [-0.2, 0) is 4.79 Å². The van der Waals surface area contributed by atoms with Crippen molar-refractivity contribution >= 4 is 11.9 Å². The van der Waals surface area contributed by atoms with E-state index in [4.69, 9.17) is 0 Å². The van der Waals surface area contributed by atoms with Gasteiger partial charge in [0, 0.05) is 19.0 Å². The van der Waals surface area contributed by atoms with E-state index >= 15 is 0 Å². The van der Waals surface area contributed by atoms with E-state index in [1.165, 1.54) is 0 Å². The lowest BCUT2D eigenvalue weighted by atomic mass is 9.89. The van der Waals surface area contributed by atoms with Gasteiger partial charge in [-0.05, 0) is 37.1 Å². The van der Waals surface area contributed by atoms with Crippen molar-refractivity contribution < 1.29 is 14.7 Å². The molecule has 1 aliphatic heterocycles. The van der Waals surface area contributed by atoms with Crippen LogP contribution in [0.4, 0.5) is 0 Å². The lowest BCUT2D eigenvalue weighted by Crippen LogP contribution is -2.30. The van der Waals surface area contributed by atoms with Crippen molar-refractivity contribution in [1.82, 2.24) is 19.9 Å². The number of aromatic nitrogens is 3. The number of carboxylic acids is 1. The van der Waals surface area contributed by atoms with Gasteiger partial charge in [-0.3, -0.25) is 9.59 Å². The minimum Gasteiger partial charge on any atom is -0.481 e. The van der Waals surface area contributed by atoms with Crippen LogP contribution in [-0.4, -0.2) is 50.0 Å². The maximum absolute atomic E-state index is 13.1. The SMILES string of the molecule is Cc1cccc(-n2nnc(C(=O)N3C[C@H](C(=O)O)[C@H](c4ccccc4)C3)c2C)c1. The van der Waals surface area contributed by atoms with Gasteiger partial charge >= 0.3 is 5.97 Å². The van der Waals surface area contributed by atoms with Gasteiger partial charge in [0.15, 0.2) is 5.69 Å². The number of aliphatic carboxylic acids is 1. The van der Waals surface area contributed by atoms with E-state index in [9.17, 15) is 14.7 Å². The summed E-state index contributed by atoms with van der Waals surface area (Å²) in [5, 5.41) is 17.9. The number of nitrogens with zero attached hydrogens (tertiary/aromatic N) is 4. The van der Waals surface area contributed by atoms with Gasteiger partial charge in [0.2, 0.25) is 0 Å². The molecule has 0 unspecified atom stereocenters. The van der Waals surface area contributed by atoms with E-state index in [0.717, 1.165) is 16.8 Å². The first-order valence-corrected chi connectivity index (χ1v) is 9.52. The number of benzene rings is 2. The van der Waals surface area contributed by atoms with Gasteiger partial charge in [0.1, 0.15) is 0 Å². The van der Waals surface area contributed by atoms with Gasteiger partial charge < -0.3 is 10.0 Å². The van der Waals surface area contributed by atoms with Crippen LogP contribution in [0.1, 0.15) is 33.2 Å². The maximum atomic E-state index is 13.1. The first kappa shape index (κ1) is 18.9. The Balaban J connectivity index is 1.61. The number of likely N-dealkylation sites (tertiary alicyclic amines) is 1. The summed E-state index contributed by atoms with van der Waals surface area (Å²) >= 11 is 0. The lowest BCUT2D eigenvalue weighted by molar-refractivity contribution is -0.141. The molecular weight excluding hydrogens is 368 g/mol. The van der Waals surface area contributed by atoms with Gasteiger partial charge in [0.05, 0.1) is 17.3 Å². The Labute approximate surface area is 168 Å². The fourth-order valence-corrected chi connectivity index (χ4v) is 3.94. The standard InChI is InChI=1S/C22H22N4O3/c1-14-7-6-10-17(11-14)26-15(2)20(23-24-26)21(27)25-12-18(19(13-25)22(28)29)16-8-4-3-5-9-16/h3-11,18-19H,12-13H2,1-2H3,(H,28,29)/t18-,19-/m0/s1. The highest BCUT2D eigenvalue weighted by Crippen LogP contribution is 2.33. The molecule has 0 aliphatic carbocycles. The molecule has 29 heavy (non-hydrogen) atoms. The smallest absolute Gasteiger partial charge is 0.308 e. The molecule has 1 aliphatic rings. The molecule has 1 saturated heterocycles. The molecule has 0 spiro atoms. The Hall–Kier alpha value is -3.48. The summed E-state index contributed by atoms with van der Waals surface area (Å²) in [6.45, 7) is 4.29. The molecule has 1 fully saturated rings. The molecule has 2 aromatic carbocycles. The number of aryl methyl sites for hydroxylation is 1. The predicted molar refractivity (Wildman–Crippen MR) is 107 cm³/mol. The molecule has 0 bridgehead atoms. The number of carboxylic acid groups (broad SMARTS) is 1. The van der Waals surface area contributed by atoms with Crippen LogP contribution in [0.3, 0.4) is 0 Å². The molecule has 2 atom stereocenters. The van der Waals surface area contributed by atoms with Crippen molar-refractivity contribution in [3.8, 4) is 5.69 Å². The van der Waals surface area contributed by atoms with Gasteiger partial charge in [-0.1, -0.05) is 47.7 Å². The number of amides is 1. The zero-order valence-corrected chi connectivity index (χ0v) is 16.3. The first-order chi connectivity index (χ1) is 14.0. The van der Waals surface area contributed by atoms with Crippen LogP contribution < -0.4 is 0 Å². The van der Waals surface area contributed by atoms with Crippen molar-refractivity contribution in [2.24, 2.45) is 5.92 Å². The third-order valence-corrected chi connectivity index (χ3v) is 5.50. The molecule has 3 aromatic rings. The van der Waals surface area contributed by atoms with Crippen molar-refractivity contribution in [2.75, 3.05) is 13.1 Å². The molecule has 7 nitrogen and oxygen atoms in total. The van der Waals surface area contributed by atoms with E-state index in [2.05, 4.69) is 10.3 Å². The van der Waals surface area contributed by atoms with Crippen LogP contribution >= 0.6 is 0 Å². The molecule has 2 heterocycles. The summed E-state index contributed by atoms with van der Waals surface area (Å²) in [5.74, 6) is -2.07. The first-order valence-electron chi connectivity index (χ1n) is 9.52. The second kappa shape index (κ2) is 7.50. The van der Waals surface area contributed by atoms with E-state index in [1.807, 2.05) is 61.5 Å². The van der Waals surface area contributed by atoms with Crippen molar-refractivity contribution in [3.05, 3.63) is 77.1 Å². The summed E-state index contributed by atoms with van der Waals surface area (Å²) in [6.07, 6.45) is 0. The maximum Gasteiger partial charge on any atom is 0.308 e. The number of carbonyl (C=O) groups is 2. The Kier molecular flexibility index (Phi) is 4.88. The summed E-state index contributed by atoms with van der Waals surface area (Å²) < 4.78 is 1.64. The number of rotatable bonds is 4. The van der Waals surface area contributed by atoms with E-state index in [1.54, 1.807) is 16.5 Å². The Morgan fingerprint density at radius 2 is 1.79 bits per heavy atom. The quantitative estimate of drug-likeness (QED) is 0.740. The highest BCUT2D eigenvalue weighted by atomic mass is 16.4. The molecule has 7 heteroatoms. The number of hydrogen-bond acceptors (Lipinski definition) is 4. The summed E-state index contributed by atoms with van der Waals surface area (Å²) in [7, 11) is 0. The predicted octanol–water partition coefficient (Wildman–Crippen LogP) is 2.82. The van der Waals surface area contributed by atoms with Gasteiger partial charge in [-0.15, -0.1) is 5.10 Å². The van der Waals surface area contributed by atoms with Crippen molar-refractivity contribution in [1.29, 1.82) is 0 Å². The molecule has 1 aromatic heterocycles. The fraction of sp³-hybridized carbons (Fsp3) is 0.273. The summed E-state index contributed by atoms with van der Waals surface area (Å²) in [5.41, 5.74) is 3.73. The zero-order valence-electron chi connectivity index (χ0n) is 16.3. The monoisotopic (exact) mass is 390 g/mol. The molecule has 0 saturated carbocycles. The Morgan fingerprint density at radius 1 is 1.03 bits per heavy atom. The van der Waals surface area contributed by atoms with E-state index in [0.29, 0.717) is 12.2 Å². The topological polar surface area (TPSA) is 88.3 Å². The molecule has 148 valence electrons. The zero-order chi connectivity index (χ0) is 20.5. The third-order valence-electron chi connectivity index (χ3n) is 5.50. The molecule has 1 amide bonds. The Morgan fingerprint density at radius 3 is 2.48 bits per heavy atom. The van der Waals surface area contributed by atoms with Crippen molar-refractivity contribution in [2.45, 2.75) is 19.8 Å². The highest BCUT2D eigenvalue weighted by molar-refractivity contribution is 5.94. The highest BCUT2D eigenvalue weighted by Gasteiger charge is 2.41. The summed E-state index contributed by atoms with van der Waals surface area (Å²) in [4.78, 5) is 26.5. The normalized spacial score (nSPS) is 18.8. The molecule has 4 rings (SSSR count). The number of carbonyl (C=O) groups excluding carboxylic acids is 1. The summed E-state index contributed by atoms with van der Waals surface area (Å²) in [6, 6.07) is 17.3. The van der Waals surface area contributed by atoms with Gasteiger partial charge in [0.25, 0.3) is 5.91 Å². The van der Waals surface area contributed by atoms with E-state index in [-0.39, 0.29) is 24.1 Å². The van der Waals surface area contributed by atoms with Gasteiger partial charge in [-0.25, -0.2) is 4.68 Å². The lowest BCUT2D eigenvalue weighted by Gasteiger charge is -2.15. The van der Waals surface area contributed by atoms with Gasteiger partial charge in [-0.2, -0.15) is 0 Å². The molecular formula is C22H22N4O3. The fourth-order valence-electron chi connectivity index (χ4n) is 3.94. The molecule has 1 N–H and O–H groups in total. The van der Waals surface area contributed by atoms with Crippen LogP contribution in [0, 0.1) is 19.8 Å². The van der Waals surface area contributed by atoms with Crippen LogP contribution in [0.25, 0.3) is 5.69 Å². The van der Waals surface area contributed by atoms with E-state index < -0.39 is 11.9 Å². The van der Waals surface area contributed by atoms with Crippen molar-refractivity contribution in [3.63, 3.8) is 0 Å². The molecule has 0 radical (unpaired) electrons. The largest absolute Gasteiger partial charge is 0.481 e. The Bertz CT molecular complexity index is 1060.